The fourth-order valence-electron chi connectivity index (χ4n) is 3.08. The lowest BCUT2D eigenvalue weighted by Crippen LogP contribution is -2.30. The van der Waals surface area contributed by atoms with Crippen LogP contribution in [0.15, 0.2) is 42.5 Å². The fourth-order valence-corrected chi connectivity index (χ4v) is 3.08. The average Bonchev–Trinajstić information content (AvgIpc) is 2.48. The lowest BCUT2D eigenvalue weighted by molar-refractivity contribution is 0.109. The van der Waals surface area contributed by atoms with E-state index in [-0.39, 0.29) is 0 Å². The summed E-state index contributed by atoms with van der Waals surface area (Å²) in [5.41, 5.74) is 1.04. The molecule has 0 unspecified atom stereocenters. The molecule has 19 heavy (non-hydrogen) atoms. The van der Waals surface area contributed by atoms with Crippen LogP contribution in [0.3, 0.4) is 0 Å². The zero-order chi connectivity index (χ0) is 13.1. The van der Waals surface area contributed by atoms with Gasteiger partial charge in [-0.2, -0.15) is 0 Å². The fraction of sp³-hybridized carbons (Fsp3) is 0.412. The molecule has 0 aromatic heterocycles. The Morgan fingerprint density at radius 1 is 0.947 bits per heavy atom. The van der Waals surface area contributed by atoms with Gasteiger partial charge in [0.1, 0.15) is 6.23 Å². The number of fused-ring (bicyclic) bond motifs is 1. The highest BCUT2D eigenvalue weighted by atomic mass is 16.3. The molecule has 2 aromatic carbocycles. The first kappa shape index (κ1) is 12.5. The van der Waals surface area contributed by atoms with Gasteiger partial charge in [0.2, 0.25) is 0 Å². The number of hydrogen-bond donors (Lipinski definition) is 2. The van der Waals surface area contributed by atoms with Crippen molar-refractivity contribution in [1.82, 2.24) is 0 Å². The Bertz CT molecular complexity index is 540. The summed E-state index contributed by atoms with van der Waals surface area (Å²) in [6.07, 6.45) is 5.67. The summed E-state index contributed by atoms with van der Waals surface area (Å²) in [6, 6.07) is 14.5. The highest BCUT2D eigenvalue weighted by Crippen LogP contribution is 2.29. The van der Waals surface area contributed by atoms with Crippen LogP contribution in [0.25, 0.3) is 10.8 Å². The Morgan fingerprint density at radius 3 is 2.53 bits per heavy atom. The largest absolute Gasteiger partial charge is 0.374 e. The quantitative estimate of drug-likeness (QED) is 0.807. The SMILES string of the molecule is O[C@@H](Nc1cccc2ccccc12)C1CCCCC1. The molecule has 1 aliphatic rings. The van der Waals surface area contributed by atoms with Crippen molar-refractivity contribution in [2.45, 2.75) is 38.3 Å². The Kier molecular flexibility index (Phi) is 3.69. The first-order valence-corrected chi connectivity index (χ1v) is 7.27. The van der Waals surface area contributed by atoms with Gasteiger partial charge in [0.15, 0.2) is 0 Å². The standard InChI is InChI=1S/C17H21NO/c19-17(14-8-2-1-3-9-14)18-16-12-6-10-13-7-4-5-11-15(13)16/h4-7,10-12,14,17-19H,1-3,8-9H2/t17-/m1/s1. The van der Waals surface area contributed by atoms with E-state index in [1.165, 1.54) is 30.0 Å². The van der Waals surface area contributed by atoms with Gasteiger partial charge in [-0.3, -0.25) is 0 Å². The molecule has 2 heteroatoms. The summed E-state index contributed by atoms with van der Waals surface area (Å²) in [5, 5.41) is 16.1. The minimum absolute atomic E-state index is 0.396. The van der Waals surface area contributed by atoms with Crippen LogP contribution in [0, 0.1) is 5.92 Å². The normalized spacial score (nSPS) is 18.4. The van der Waals surface area contributed by atoms with Gasteiger partial charge in [-0.1, -0.05) is 55.7 Å². The van der Waals surface area contributed by atoms with Crippen LogP contribution >= 0.6 is 0 Å². The monoisotopic (exact) mass is 255 g/mol. The predicted octanol–water partition coefficient (Wildman–Crippen LogP) is 4.15. The highest BCUT2D eigenvalue weighted by molar-refractivity contribution is 5.93. The maximum Gasteiger partial charge on any atom is 0.127 e. The Hall–Kier alpha value is -1.54. The van der Waals surface area contributed by atoms with Crippen molar-refractivity contribution < 1.29 is 5.11 Å². The van der Waals surface area contributed by atoms with E-state index in [4.69, 9.17) is 0 Å². The maximum absolute atomic E-state index is 10.4. The van der Waals surface area contributed by atoms with Gasteiger partial charge >= 0.3 is 0 Å². The Balaban J connectivity index is 1.80. The smallest absolute Gasteiger partial charge is 0.127 e. The number of benzene rings is 2. The average molecular weight is 255 g/mol. The maximum atomic E-state index is 10.4. The van der Waals surface area contributed by atoms with Gasteiger partial charge in [0.25, 0.3) is 0 Å². The molecule has 0 bridgehead atoms. The predicted molar refractivity (Wildman–Crippen MR) is 80.2 cm³/mol. The molecule has 0 aliphatic heterocycles. The van der Waals surface area contributed by atoms with E-state index < -0.39 is 6.23 Å². The van der Waals surface area contributed by atoms with E-state index in [2.05, 4.69) is 23.5 Å². The van der Waals surface area contributed by atoms with Gasteiger partial charge in [0.05, 0.1) is 0 Å². The Labute approximate surface area is 114 Å². The molecule has 100 valence electrons. The van der Waals surface area contributed by atoms with E-state index in [0.717, 1.165) is 18.5 Å². The van der Waals surface area contributed by atoms with Gasteiger partial charge in [-0.25, -0.2) is 0 Å². The van der Waals surface area contributed by atoms with Crippen LogP contribution in [-0.2, 0) is 0 Å². The van der Waals surface area contributed by atoms with Crippen LogP contribution < -0.4 is 5.32 Å². The van der Waals surface area contributed by atoms with Gasteiger partial charge in [0, 0.05) is 17.0 Å². The molecule has 1 fully saturated rings. The van der Waals surface area contributed by atoms with Crippen molar-refractivity contribution in [1.29, 1.82) is 0 Å². The van der Waals surface area contributed by atoms with Gasteiger partial charge in [-0.05, 0) is 24.3 Å². The van der Waals surface area contributed by atoms with E-state index in [9.17, 15) is 5.11 Å². The molecular weight excluding hydrogens is 234 g/mol. The summed E-state index contributed by atoms with van der Waals surface area (Å²) in [5.74, 6) is 0.396. The number of hydrogen-bond acceptors (Lipinski definition) is 2. The molecule has 1 atom stereocenters. The molecule has 2 nitrogen and oxygen atoms in total. The number of aliphatic hydroxyl groups excluding tert-OH is 1. The van der Waals surface area contributed by atoms with Crippen molar-refractivity contribution in [3.05, 3.63) is 42.5 Å². The summed E-state index contributed by atoms with van der Waals surface area (Å²) in [6.45, 7) is 0. The van der Waals surface area contributed by atoms with Crippen molar-refractivity contribution in [3.8, 4) is 0 Å². The third-order valence-corrected chi connectivity index (χ3v) is 4.19. The third kappa shape index (κ3) is 2.74. The van der Waals surface area contributed by atoms with E-state index in [1.54, 1.807) is 0 Å². The van der Waals surface area contributed by atoms with Crippen LogP contribution in [0.2, 0.25) is 0 Å². The Morgan fingerprint density at radius 2 is 1.68 bits per heavy atom. The molecule has 0 spiro atoms. The summed E-state index contributed by atoms with van der Waals surface area (Å²) in [4.78, 5) is 0. The first-order chi connectivity index (χ1) is 9.34. The molecular formula is C17H21NO. The number of aliphatic hydroxyl groups is 1. The van der Waals surface area contributed by atoms with Crippen molar-refractivity contribution in [2.75, 3.05) is 5.32 Å². The molecule has 2 aromatic rings. The molecule has 0 radical (unpaired) electrons. The van der Waals surface area contributed by atoms with Crippen molar-refractivity contribution in [2.24, 2.45) is 5.92 Å². The zero-order valence-corrected chi connectivity index (χ0v) is 11.2. The van der Waals surface area contributed by atoms with Crippen molar-refractivity contribution >= 4 is 16.5 Å². The minimum atomic E-state index is -0.425. The molecule has 0 saturated heterocycles. The van der Waals surface area contributed by atoms with Gasteiger partial charge < -0.3 is 10.4 Å². The molecule has 0 heterocycles. The molecule has 1 saturated carbocycles. The van der Waals surface area contributed by atoms with Crippen LogP contribution in [0.1, 0.15) is 32.1 Å². The van der Waals surface area contributed by atoms with Crippen LogP contribution in [0.4, 0.5) is 5.69 Å². The highest BCUT2D eigenvalue weighted by Gasteiger charge is 2.21. The summed E-state index contributed by atoms with van der Waals surface area (Å²) < 4.78 is 0. The molecule has 3 rings (SSSR count). The lowest BCUT2D eigenvalue weighted by Gasteiger charge is -2.28. The first-order valence-electron chi connectivity index (χ1n) is 7.27. The summed E-state index contributed by atoms with van der Waals surface area (Å²) in [7, 11) is 0. The number of anilines is 1. The molecule has 2 N–H and O–H groups in total. The van der Waals surface area contributed by atoms with Crippen molar-refractivity contribution in [3.63, 3.8) is 0 Å². The van der Waals surface area contributed by atoms with E-state index in [1.807, 2.05) is 24.3 Å². The van der Waals surface area contributed by atoms with Crippen LogP contribution in [0.5, 0.6) is 0 Å². The number of rotatable bonds is 3. The number of nitrogens with one attached hydrogen (secondary N) is 1. The second kappa shape index (κ2) is 5.62. The van der Waals surface area contributed by atoms with E-state index in [0.29, 0.717) is 5.92 Å². The minimum Gasteiger partial charge on any atom is -0.374 e. The second-order valence-corrected chi connectivity index (χ2v) is 5.51. The van der Waals surface area contributed by atoms with Crippen LogP contribution in [-0.4, -0.2) is 11.3 Å². The zero-order valence-electron chi connectivity index (χ0n) is 11.2. The molecule has 0 amide bonds. The summed E-state index contributed by atoms with van der Waals surface area (Å²) >= 11 is 0. The second-order valence-electron chi connectivity index (χ2n) is 5.51. The topological polar surface area (TPSA) is 32.3 Å². The third-order valence-electron chi connectivity index (χ3n) is 4.19. The molecule has 1 aliphatic carbocycles. The lowest BCUT2D eigenvalue weighted by atomic mass is 9.88. The van der Waals surface area contributed by atoms with E-state index >= 15 is 0 Å². The van der Waals surface area contributed by atoms with Gasteiger partial charge in [-0.15, -0.1) is 0 Å².